The maximum absolute atomic E-state index is 14.5. The van der Waals surface area contributed by atoms with Gasteiger partial charge in [-0.15, -0.1) is 0 Å². The van der Waals surface area contributed by atoms with Crippen molar-refractivity contribution >= 4 is 5.97 Å². The molecule has 0 aliphatic heterocycles. The summed E-state index contributed by atoms with van der Waals surface area (Å²) in [6.45, 7) is 0.143. The zero-order chi connectivity index (χ0) is 17.8. The van der Waals surface area contributed by atoms with E-state index in [1.807, 2.05) is 30.3 Å². The molecule has 25 heavy (non-hydrogen) atoms. The lowest BCUT2D eigenvalue weighted by atomic mass is 10.0. The van der Waals surface area contributed by atoms with Crippen molar-refractivity contribution in [2.75, 3.05) is 7.11 Å². The van der Waals surface area contributed by atoms with Gasteiger partial charge in [-0.25, -0.2) is 4.79 Å². The second-order valence-electron chi connectivity index (χ2n) is 5.51. The molecule has 1 heterocycles. The van der Waals surface area contributed by atoms with Crippen LogP contribution in [0.3, 0.4) is 0 Å². The number of carbonyl (C=O) groups is 1. The highest BCUT2D eigenvalue weighted by Crippen LogP contribution is 2.24. The molecule has 0 aliphatic carbocycles. The van der Waals surface area contributed by atoms with E-state index in [1.54, 1.807) is 24.3 Å². The Balaban J connectivity index is 2.04. The summed E-state index contributed by atoms with van der Waals surface area (Å²) in [5.41, 5.74) is 1.43. The quantitative estimate of drug-likeness (QED) is 0.541. The number of esters is 1. The monoisotopic (exact) mass is 337 g/mol. The largest absolute Gasteiger partial charge is 0.465 e. The second kappa shape index (κ2) is 7.13. The summed E-state index contributed by atoms with van der Waals surface area (Å²) in [6.07, 6.45) is 0. The van der Waals surface area contributed by atoms with Crippen LogP contribution in [0, 0.1) is 5.95 Å². The third-order valence-corrected chi connectivity index (χ3v) is 3.90. The molecule has 0 aliphatic rings. The average Bonchev–Trinajstić information content (AvgIpc) is 2.64. The van der Waals surface area contributed by atoms with Crippen LogP contribution in [0.5, 0.6) is 0 Å². The summed E-state index contributed by atoms with van der Waals surface area (Å²) in [6, 6.07) is 18.4. The predicted molar refractivity (Wildman–Crippen MR) is 93.0 cm³/mol. The molecule has 0 fully saturated rings. The third-order valence-electron chi connectivity index (χ3n) is 3.90. The Morgan fingerprint density at radius 2 is 1.72 bits per heavy atom. The number of hydrogen-bond acceptors (Lipinski definition) is 3. The highest BCUT2D eigenvalue weighted by molar-refractivity contribution is 5.97. The van der Waals surface area contributed by atoms with Gasteiger partial charge in [0, 0.05) is 6.07 Å². The molecule has 4 nitrogen and oxygen atoms in total. The molecule has 0 atom stereocenters. The summed E-state index contributed by atoms with van der Waals surface area (Å²) in [7, 11) is 1.28. The van der Waals surface area contributed by atoms with Gasteiger partial charge in [-0.1, -0.05) is 48.5 Å². The molecule has 0 amide bonds. The van der Waals surface area contributed by atoms with Gasteiger partial charge in [0.05, 0.1) is 19.2 Å². The molecule has 126 valence electrons. The molecule has 0 N–H and O–H groups in total. The molecule has 0 saturated heterocycles. The van der Waals surface area contributed by atoms with Gasteiger partial charge in [-0.2, -0.15) is 4.39 Å². The van der Waals surface area contributed by atoms with Gasteiger partial charge in [0.25, 0.3) is 5.56 Å². The lowest BCUT2D eigenvalue weighted by Crippen LogP contribution is -2.23. The fourth-order valence-electron chi connectivity index (χ4n) is 2.66. The fraction of sp³-hybridized carbons (Fsp3) is 0.100. The maximum atomic E-state index is 14.5. The number of halogens is 1. The molecular formula is C20H16FNO3. The SMILES string of the molecule is COC(=O)c1ccccc1-c1cc(F)n(Cc2ccccc2)c(=O)c1. The summed E-state index contributed by atoms with van der Waals surface area (Å²) in [5, 5.41) is 0. The minimum Gasteiger partial charge on any atom is -0.465 e. The Bertz CT molecular complexity index is 964. The third kappa shape index (κ3) is 3.50. The summed E-state index contributed by atoms with van der Waals surface area (Å²) < 4.78 is 20.3. The molecular weight excluding hydrogens is 321 g/mol. The summed E-state index contributed by atoms with van der Waals surface area (Å²) in [5.74, 6) is -1.20. The van der Waals surface area contributed by atoms with Crippen molar-refractivity contribution in [2.45, 2.75) is 6.54 Å². The number of rotatable bonds is 4. The van der Waals surface area contributed by atoms with Gasteiger partial charge >= 0.3 is 5.97 Å². The van der Waals surface area contributed by atoms with E-state index in [2.05, 4.69) is 0 Å². The highest BCUT2D eigenvalue weighted by atomic mass is 19.1. The Kier molecular flexibility index (Phi) is 4.75. The number of aromatic nitrogens is 1. The molecule has 2 aromatic carbocycles. The predicted octanol–water partition coefficient (Wildman–Crippen LogP) is 3.49. The number of pyridine rings is 1. The maximum Gasteiger partial charge on any atom is 0.338 e. The van der Waals surface area contributed by atoms with Crippen LogP contribution in [0.2, 0.25) is 0 Å². The van der Waals surface area contributed by atoms with E-state index < -0.39 is 17.5 Å². The minimum absolute atomic E-state index is 0.143. The normalized spacial score (nSPS) is 10.5. The van der Waals surface area contributed by atoms with E-state index in [0.717, 1.165) is 10.1 Å². The minimum atomic E-state index is -0.661. The second-order valence-corrected chi connectivity index (χ2v) is 5.51. The molecule has 0 spiro atoms. The standard InChI is InChI=1S/C20H16FNO3/c1-25-20(24)17-10-6-5-9-16(17)15-11-18(21)22(19(23)12-15)13-14-7-3-2-4-8-14/h2-12H,13H2,1H3. The Morgan fingerprint density at radius 1 is 1.04 bits per heavy atom. The Morgan fingerprint density at radius 3 is 2.40 bits per heavy atom. The number of nitrogens with zero attached hydrogens (tertiary/aromatic N) is 1. The van der Waals surface area contributed by atoms with Crippen LogP contribution in [-0.4, -0.2) is 17.6 Å². The van der Waals surface area contributed by atoms with Crippen LogP contribution in [-0.2, 0) is 11.3 Å². The molecule has 5 heteroatoms. The summed E-state index contributed by atoms with van der Waals surface area (Å²) in [4.78, 5) is 24.3. The van der Waals surface area contributed by atoms with Crippen LogP contribution >= 0.6 is 0 Å². The first-order valence-corrected chi connectivity index (χ1v) is 7.72. The topological polar surface area (TPSA) is 48.3 Å². The van der Waals surface area contributed by atoms with Gasteiger partial charge in [0.15, 0.2) is 5.95 Å². The fourth-order valence-corrected chi connectivity index (χ4v) is 2.66. The van der Waals surface area contributed by atoms with Crippen molar-refractivity contribution in [3.63, 3.8) is 0 Å². The smallest absolute Gasteiger partial charge is 0.338 e. The zero-order valence-corrected chi connectivity index (χ0v) is 13.6. The summed E-state index contributed by atoms with van der Waals surface area (Å²) >= 11 is 0. The van der Waals surface area contributed by atoms with E-state index in [0.29, 0.717) is 11.1 Å². The first-order valence-electron chi connectivity index (χ1n) is 7.72. The molecule has 0 bridgehead atoms. The first kappa shape index (κ1) is 16.6. The number of carbonyl (C=O) groups excluding carboxylic acids is 1. The Hall–Kier alpha value is -3.21. The molecule has 3 rings (SSSR count). The van der Waals surface area contributed by atoms with Gasteiger partial charge in [0.2, 0.25) is 0 Å². The van der Waals surface area contributed by atoms with E-state index in [-0.39, 0.29) is 12.1 Å². The Labute approximate surface area is 144 Å². The van der Waals surface area contributed by atoms with Crippen molar-refractivity contribution in [1.29, 1.82) is 0 Å². The van der Waals surface area contributed by atoms with Gasteiger partial charge in [-0.3, -0.25) is 9.36 Å². The molecule has 0 unspecified atom stereocenters. The zero-order valence-electron chi connectivity index (χ0n) is 13.6. The molecule has 3 aromatic rings. The van der Waals surface area contributed by atoms with Crippen molar-refractivity contribution in [3.8, 4) is 11.1 Å². The van der Waals surface area contributed by atoms with Crippen LogP contribution in [0.25, 0.3) is 11.1 Å². The lowest BCUT2D eigenvalue weighted by molar-refractivity contribution is 0.0601. The van der Waals surface area contributed by atoms with Crippen molar-refractivity contribution in [1.82, 2.24) is 4.57 Å². The van der Waals surface area contributed by atoms with Gasteiger partial charge in [0.1, 0.15) is 0 Å². The molecule has 0 radical (unpaired) electrons. The van der Waals surface area contributed by atoms with E-state index in [1.165, 1.54) is 19.2 Å². The molecule has 0 saturated carbocycles. The lowest BCUT2D eigenvalue weighted by Gasteiger charge is -2.11. The van der Waals surface area contributed by atoms with E-state index in [4.69, 9.17) is 4.74 Å². The van der Waals surface area contributed by atoms with Crippen molar-refractivity contribution in [3.05, 3.63) is 94.2 Å². The molecule has 1 aromatic heterocycles. The highest BCUT2D eigenvalue weighted by Gasteiger charge is 2.15. The van der Waals surface area contributed by atoms with E-state index in [9.17, 15) is 14.0 Å². The van der Waals surface area contributed by atoms with Crippen molar-refractivity contribution in [2.24, 2.45) is 0 Å². The number of methoxy groups -OCH3 is 1. The van der Waals surface area contributed by atoms with E-state index >= 15 is 0 Å². The first-order chi connectivity index (χ1) is 12.1. The average molecular weight is 337 g/mol. The van der Waals surface area contributed by atoms with Gasteiger partial charge < -0.3 is 4.74 Å². The van der Waals surface area contributed by atoms with Crippen molar-refractivity contribution < 1.29 is 13.9 Å². The van der Waals surface area contributed by atoms with Crippen LogP contribution in [0.4, 0.5) is 4.39 Å². The number of benzene rings is 2. The number of ether oxygens (including phenoxy) is 1. The number of hydrogen-bond donors (Lipinski definition) is 0. The van der Waals surface area contributed by atoms with Gasteiger partial charge in [-0.05, 0) is 28.8 Å². The van der Waals surface area contributed by atoms with Crippen LogP contribution in [0.1, 0.15) is 15.9 Å². The van der Waals surface area contributed by atoms with Crippen LogP contribution < -0.4 is 5.56 Å². The van der Waals surface area contributed by atoms with Crippen LogP contribution in [0.15, 0.2) is 71.5 Å².